The highest BCUT2D eigenvalue weighted by Gasteiger charge is 2.27. The van der Waals surface area contributed by atoms with Crippen molar-refractivity contribution in [2.75, 3.05) is 28.8 Å². The number of imide groups is 1. The van der Waals surface area contributed by atoms with Crippen LogP contribution in [0.4, 0.5) is 11.4 Å². The molecule has 1 fully saturated rings. The fourth-order valence-electron chi connectivity index (χ4n) is 2.33. The molecular formula is C16H21N3O2S2. The highest BCUT2D eigenvalue weighted by atomic mass is 32.2. The molecule has 0 aromatic heterocycles. The van der Waals surface area contributed by atoms with Crippen LogP contribution in [0.5, 0.6) is 0 Å². The van der Waals surface area contributed by atoms with Gasteiger partial charge in [0.05, 0.1) is 5.69 Å². The van der Waals surface area contributed by atoms with Gasteiger partial charge in [-0.2, -0.15) is 11.8 Å². The van der Waals surface area contributed by atoms with Gasteiger partial charge in [0.2, 0.25) is 11.8 Å². The molecule has 23 heavy (non-hydrogen) atoms. The number of anilines is 2. The zero-order chi connectivity index (χ0) is 16.7. The number of piperidine rings is 1. The largest absolute Gasteiger partial charge is 0.362 e. The Morgan fingerprint density at radius 3 is 2.48 bits per heavy atom. The Bertz CT molecular complexity index is 559. The van der Waals surface area contributed by atoms with Crippen molar-refractivity contribution in [1.29, 1.82) is 0 Å². The fraction of sp³-hybridized carbons (Fsp3) is 0.438. The molecule has 0 spiro atoms. The first-order valence-electron chi connectivity index (χ1n) is 7.61. The Hall–Kier alpha value is -1.60. The molecule has 0 unspecified atom stereocenters. The molecule has 1 heterocycles. The lowest BCUT2D eigenvalue weighted by molar-refractivity contribution is -0.129. The minimum atomic E-state index is -0.132. The van der Waals surface area contributed by atoms with Crippen molar-refractivity contribution in [2.45, 2.75) is 25.7 Å². The molecule has 2 rings (SSSR count). The summed E-state index contributed by atoms with van der Waals surface area (Å²) < 4.78 is 0. The number of nitrogens with one attached hydrogen (secondary N) is 2. The van der Waals surface area contributed by atoms with Gasteiger partial charge in [-0.3, -0.25) is 14.5 Å². The first kappa shape index (κ1) is 17.7. The molecule has 0 bridgehead atoms. The predicted molar refractivity (Wildman–Crippen MR) is 100 cm³/mol. The van der Waals surface area contributed by atoms with E-state index in [0.717, 1.165) is 24.4 Å². The van der Waals surface area contributed by atoms with Gasteiger partial charge in [-0.15, -0.1) is 0 Å². The molecule has 0 aliphatic carbocycles. The van der Waals surface area contributed by atoms with Gasteiger partial charge in [-0.05, 0) is 61.3 Å². The van der Waals surface area contributed by atoms with Crippen LogP contribution < -0.4 is 15.5 Å². The van der Waals surface area contributed by atoms with E-state index in [-0.39, 0.29) is 11.8 Å². The standard InChI is InChI=1S/C16H21N3O2S2/c1-23-11-3-10-17-16(22)18-12-6-8-13(9-7-12)19-14(20)4-2-5-15(19)21/h6-9H,2-5,10-11H2,1H3,(H2,17,18,22). The molecule has 2 amide bonds. The number of benzene rings is 1. The van der Waals surface area contributed by atoms with E-state index in [1.807, 2.05) is 23.9 Å². The lowest BCUT2D eigenvalue weighted by atomic mass is 10.1. The van der Waals surface area contributed by atoms with Gasteiger partial charge in [-0.1, -0.05) is 0 Å². The van der Waals surface area contributed by atoms with E-state index in [2.05, 4.69) is 16.9 Å². The molecule has 2 N–H and O–H groups in total. The van der Waals surface area contributed by atoms with Crippen LogP contribution in [0.25, 0.3) is 0 Å². The van der Waals surface area contributed by atoms with E-state index in [1.54, 1.807) is 12.1 Å². The topological polar surface area (TPSA) is 61.4 Å². The molecule has 124 valence electrons. The number of thiocarbonyl (C=S) groups is 1. The highest BCUT2D eigenvalue weighted by molar-refractivity contribution is 7.98. The van der Waals surface area contributed by atoms with Crippen LogP contribution in [0.3, 0.4) is 0 Å². The third-order valence-electron chi connectivity index (χ3n) is 3.47. The minimum absolute atomic E-state index is 0.132. The van der Waals surface area contributed by atoms with Crippen molar-refractivity contribution in [3.05, 3.63) is 24.3 Å². The Morgan fingerprint density at radius 2 is 1.87 bits per heavy atom. The van der Waals surface area contributed by atoms with Crippen molar-refractivity contribution < 1.29 is 9.59 Å². The quantitative estimate of drug-likeness (QED) is 0.467. The van der Waals surface area contributed by atoms with Gasteiger partial charge in [0, 0.05) is 25.1 Å². The summed E-state index contributed by atoms with van der Waals surface area (Å²) in [5.41, 5.74) is 1.44. The molecule has 7 heteroatoms. The third kappa shape index (κ3) is 5.21. The van der Waals surface area contributed by atoms with Crippen molar-refractivity contribution >= 4 is 52.3 Å². The van der Waals surface area contributed by atoms with Crippen LogP contribution in [0, 0.1) is 0 Å². The monoisotopic (exact) mass is 351 g/mol. The van der Waals surface area contributed by atoms with E-state index >= 15 is 0 Å². The van der Waals surface area contributed by atoms with Crippen LogP contribution in [0.15, 0.2) is 24.3 Å². The van der Waals surface area contributed by atoms with Gasteiger partial charge in [-0.25, -0.2) is 0 Å². The maximum atomic E-state index is 11.9. The summed E-state index contributed by atoms with van der Waals surface area (Å²) in [5, 5.41) is 6.82. The highest BCUT2D eigenvalue weighted by Crippen LogP contribution is 2.23. The van der Waals surface area contributed by atoms with E-state index < -0.39 is 0 Å². The number of carbonyl (C=O) groups excluding carboxylic acids is 2. The summed E-state index contributed by atoms with van der Waals surface area (Å²) in [4.78, 5) is 25.1. The lowest BCUT2D eigenvalue weighted by Crippen LogP contribution is -2.40. The lowest BCUT2D eigenvalue weighted by Gasteiger charge is -2.25. The van der Waals surface area contributed by atoms with E-state index in [1.165, 1.54) is 4.90 Å². The van der Waals surface area contributed by atoms with Gasteiger partial charge < -0.3 is 10.6 Å². The van der Waals surface area contributed by atoms with Crippen LogP contribution in [-0.2, 0) is 9.59 Å². The fourth-order valence-corrected chi connectivity index (χ4v) is 2.98. The molecule has 0 saturated carbocycles. The second-order valence-electron chi connectivity index (χ2n) is 5.25. The first-order chi connectivity index (χ1) is 11.1. The average Bonchev–Trinajstić information content (AvgIpc) is 2.53. The summed E-state index contributed by atoms with van der Waals surface area (Å²) in [5.74, 6) is 0.836. The number of amides is 2. The first-order valence-corrected chi connectivity index (χ1v) is 9.41. The van der Waals surface area contributed by atoms with E-state index in [4.69, 9.17) is 12.2 Å². The van der Waals surface area contributed by atoms with Crippen molar-refractivity contribution in [2.24, 2.45) is 0 Å². The van der Waals surface area contributed by atoms with Crippen LogP contribution in [-0.4, -0.2) is 35.5 Å². The maximum absolute atomic E-state index is 11.9. The Morgan fingerprint density at radius 1 is 1.22 bits per heavy atom. The van der Waals surface area contributed by atoms with Gasteiger partial charge in [0.15, 0.2) is 5.11 Å². The van der Waals surface area contributed by atoms with Crippen LogP contribution in [0.1, 0.15) is 25.7 Å². The molecule has 1 aromatic carbocycles. The molecule has 5 nitrogen and oxygen atoms in total. The normalized spacial score (nSPS) is 14.7. The second kappa shape index (κ2) is 8.88. The number of rotatable bonds is 6. The predicted octanol–water partition coefficient (Wildman–Crippen LogP) is 2.77. The van der Waals surface area contributed by atoms with Crippen LogP contribution >= 0.6 is 24.0 Å². The van der Waals surface area contributed by atoms with E-state index in [0.29, 0.717) is 30.1 Å². The van der Waals surface area contributed by atoms with Crippen molar-refractivity contribution in [1.82, 2.24) is 5.32 Å². The molecule has 1 aromatic rings. The molecule has 0 radical (unpaired) electrons. The molecule has 1 saturated heterocycles. The average molecular weight is 351 g/mol. The van der Waals surface area contributed by atoms with E-state index in [9.17, 15) is 9.59 Å². The number of thioether (sulfide) groups is 1. The van der Waals surface area contributed by atoms with Gasteiger partial charge in [0.25, 0.3) is 0 Å². The minimum Gasteiger partial charge on any atom is -0.362 e. The molecule has 0 atom stereocenters. The zero-order valence-corrected chi connectivity index (χ0v) is 14.8. The summed E-state index contributed by atoms with van der Waals surface area (Å²) in [6.45, 7) is 0.835. The number of nitrogens with zero attached hydrogens (tertiary/aromatic N) is 1. The Labute approximate surface area is 146 Å². The molecule has 1 aliphatic rings. The maximum Gasteiger partial charge on any atom is 0.233 e. The summed E-state index contributed by atoms with van der Waals surface area (Å²) in [6.07, 6.45) is 4.63. The number of hydrogen-bond donors (Lipinski definition) is 2. The Kier molecular flexibility index (Phi) is 6.85. The number of carbonyl (C=O) groups is 2. The third-order valence-corrected chi connectivity index (χ3v) is 4.42. The second-order valence-corrected chi connectivity index (χ2v) is 6.64. The zero-order valence-electron chi connectivity index (χ0n) is 13.1. The number of hydrogen-bond acceptors (Lipinski definition) is 4. The SMILES string of the molecule is CSCCCNC(=S)Nc1ccc(N2C(=O)CCCC2=O)cc1. The Balaban J connectivity index is 1.90. The molecule has 1 aliphatic heterocycles. The van der Waals surface area contributed by atoms with Crippen LogP contribution in [0.2, 0.25) is 0 Å². The molecular weight excluding hydrogens is 330 g/mol. The van der Waals surface area contributed by atoms with Crippen molar-refractivity contribution in [3.8, 4) is 0 Å². The van der Waals surface area contributed by atoms with Gasteiger partial charge >= 0.3 is 0 Å². The smallest absolute Gasteiger partial charge is 0.233 e. The summed E-state index contributed by atoms with van der Waals surface area (Å²) in [6, 6.07) is 7.17. The van der Waals surface area contributed by atoms with Gasteiger partial charge in [0.1, 0.15) is 0 Å². The summed E-state index contributed by atoms with van der Waals surface area (Å²) in [7, 11) is 0. The summed E-state index contributed by atoms with van der Waals surface area (Å²) >= 11 is 7.04. The van der Waals surface area contributed by atoms with Crippen molar-refractivity contribution in [3.63, 3.8) is 0 Å².